The summed E-state index contributed by atoms with van der Waals surface area (Å²) in [5.74, 6) is 0. The van der Waals surface area contributed by atoms with E-state index in [0.29, 0.717) is 0 Å². The molecule has 1 aliphatic rings. The van der Waals surface area contributed by atoms with Crippen molar-refractivity contribution >= 4 is 44.9 Å². The standard InChI is InChI=1S/C53H54N2/c1-35-15-23-39(24-16-35)54(40-27-19-37(20-28-40)51(3,4)5)43-31-32-46-47(33-43)53(9,10)48-34-49(44-13-11-12-14-45(44)50(46)48)55(41-25-17-36(2)18-26-41)42-29-21-38(22-30-42)52(6,7)8/h11-34H,1-10H3. The molecule has 0 atom stereocenters. The van der Waals surface area contributed by atoms with E-state index in [-0.39, 0.29) is 16.2 Å². The molecule has 0 N–H and O–H groups in total. The van der Waals surface area contributed by atoms with Crippen LogP contribution in [0, 0.1) is 13.8 Å². The van der Waals surface area contributed by atoms with Crippen molar-refractivity contribution in [3.63, 3.8) is 0 Å². The van der Waals surface area contributed by atoms with Gasteiger partial charge in [0.25, 0.3) is 0 Å². The molecule has 2 nitrogen and oxygen atoms in total. The van der Waals surface area contributed by atoms with E-state index in [4.69, 9.17) is 0 Å². The zero-order chi connectivity index (χ0) is 38.9. The maximum atomic E-state index is 2.48. The average molecular weight is 719 g/mol. The number of hydrogen-bond donors (Lipinski definition) is 0. The van der Waals surface area contributed by atoms with Gasteiger partial charge in [0.15, 0.2) is 0 Å². The van der Waals surface area contributed by atoms with Crippen LogP contribution in [0.4, 0.5) is 34.1 Å². The van der Waals surface area contributed by atoms with E-state index in [1.54, 1.807) is 0 Å². The van der Waals surface area contributed by atoms with Crippen LogP contribution in [0.5, 0.6) is 0 Å². The highest BCUT2D eigenvalue weighted by atomic mass is 15.1. The number of aryl methyl sites for hydroxylation is 2. The van der Waals surface area contributed by atoms with Crippen LogP contribution < -0.4 is 9.80 Å². The molecule has 276 valence electrons. The zero-order valence-corrected chi connectivity index (χ0v) is 34.3. The number of rotatable bonds is 6. The van der Waals surface area contributed by atoms with E-state index in [0.717, 1.165) is 28.4 Å². The van der Waals surface area contributed by atoms with Crippen LogP contribution >= 0.6 is 0 Å². The first-order valence-electron chi connectivity index (χ1n) is 19.8. The molecule has 0 fully saturated rings. The number of fused-ring (bicyclic) bond motifs is 5. The summed E-state index contributed by atoms with van der Waals surface area (Å²) in [6, 6.07) is 54.8. The number of nitrogens with zero attached hydrogens (tertiary/aromatic N) is 2. The van der Waals surface area contributed by atoms with E-state index in [1.807, 2.05) is 0 Å². The number of hydrogen-bond acceptors (Lipinski definition) is 2. The Morgan fingerprint density at radius 3 is 1.31 bits per heavy atom. The molecule has 0 unspecified atom stereocenters. The lowest BCUT2D eigenvalue weighted by atomic mass is 9.81. The van der Waals surface area contributed by atoms with E-state index in [2.05, 4.69) is 225 Å². The second-order valence-electron chi connectivity index (χ2n) is 18.2. The highest BCUT2D eigenvalue weighted by Crippen LogP contribution is 2.55. The van der Waals surface area contributed by atoms with Crippen molar-refractivity contribution in [3.05, 3.63) is 179 Å². The minimum absolute atomic E-state index is 0.0764. The predicted molar refractivity (Wildman–Crippen MR) is 238 cm³/mol. The first-order chi connectivity index (χ1) is 26.1. The largest absolute Gasteiger partial charge is 0.310 e. The summed E-state index contributed by atoms with van der Waals surface area (Å²) in [5, 5.41) is 2.53. The van der Waals surface area contributed by atoms with Crippen LogP contribution in [0.25, 0.3) is 21.9 Å². The fraction of sp³-hybridized carbons (Fsp3) is 0.245. The van der Waals surface area contributed by atoms with Gasteiger partial charge in [0, 0.05) is 39.2 Å². The van der Waals surface area contributed by atoms with Gasteiger partial charge in [-0.1, -0.05) is 145 Å². The van der Waals surface area contributed by atoms with E-state index in [9.17, 15) is 0 Å². The van der Waals surface area contributed by atoms with Gasteiger partial charge in [-0.25, -0.2) is 0 Å². The summed E-state index contributed by atoms with van der Waals surface area (Å²) in [4.78, 5) is 4.87. The van der Waals surface area contributed by atoms with Crippen LogP contribution in [0.15, 0.2) is 146 Å². The van der Waals surface area contributed by atoms with Crippen molar-refractivity contribution in [2.24, 2.45) is 0 Å². The fourth-order valence-electron chi connectivity index (χ4n) is 8.36. The van der Waals surface area contributed by atoms with Gasteiger partial charge in [0.05, 0.1) is 5.69 Å². The van der Waals surface area contributed by atoms with Crippen molar-refractivity contribution in [2.75, 3.05) is 9.80 Å². The third-order valence-electron chi connectivity index (χ3n) is 11.7. The van der Waals surface area contributed by atoms with Gasteiger partial charge in [-0.05, 0) is 130 Å². The Morgan fingerprint density at radius 1 is 0.418 bits per heavy atom. The maximum Gasteiger partial charge on any atom is 0.0543 e. The topological polar surface area (TPSA) is 6.48 Å². The molecular weight excluding hydrogens is 665 g/mol. The normalized spacial score (nSPS) is 13.4. The van der Waals surface area contributed by atoms with Gasteiger partial charge in [-0.3, -0.25) is 0 Å². The van der Waals surface area contributed by atoms with Crippen molar-refractivity contribution in [1.82, 2.24) is 0 Å². The highest BCUT2D eigenvalue weighted by Gasteiger charge is 2.38. The molecular formula is C53H54N2. The second-order valence-corrected chi connectivity index (χ2v) is 18.2. The molecule has 0 aliphatic heterocycles. The van der Waals surface area contributed by atoms with Gasteiger partial charge in [-0.15, -0.1) is 0 Å². The SMILES string of the molecule is Cc1ccc(N(c2ccc(C(C)(C)C)cc2)c2ccc3c(c2)C(C)(C)c2cc(N(c4ccc(C)cc4)c4ccc(C(C)(C)C)cc4)c4ccccc4c2-3)cc1. The van der Waals surface area contributed by atoms with Crippen molar-refractivity contribution in [1.29, 1.82) is 0 Å². The van der Waals surface area contributed by atoms with E-state index in [1.165, 1.54) is 61.0 Å². The quantitative estimate of drug-likeness (QED) is 0.169. The predicted octanol–water partition coefficient (Wildman–Crippen LogP) is 15.3. The Bertz CT molecular complexity index is 2510. The molecule has 0 aromatic heterocycles. The molecule has 1 aliphatic carbocycles. The minimum Gasteiger partial charge on any atom is -0.310 e. The molecule has 0 saturated carbocycles. The lowest BCUT2D eigenvalue weighted by Crippen LogP contribution is -2.18. The van der Waals surface area contributed by atoms with Gasteiger partial charge in [-0.2, -0.15) is 0 Å². The molecule has 0 spiro atoms. The average Bonchev–Trinajstić information content (AvgIpc) is 3.38. The molecule has 0 bridgehead atoms. The highest BCUT2D eigenvalue weighted by molar-refractivity contribution is 6.10. The van der Waals surface area contributed by atoms with Crippen LogP contribution in [-0.4, -0.2) is 0 Å². The first-order valence-corrected chi connectivity index (χ1v) is 19.8. The smallest absolute Gasteiger partial charge is 0.0543 e. The van der Waals surface area contributed by atoms with Gasteiger partial charge in [0.1, 0.15) is 0 Å². The Hall–Kier alpha value is -5.60. The van der Waals surface area contributed by atoms with Crippen LogP contribution in [-0.2, 0) is 16.2 Å². The lowest BCUT2D eigenvalue weighted by Gasteiger charge is -2.31. The molecule has 8 rings (SSSR count). The number of benzene rings is 7. The van der Waals surface area contributed by atoms with E-state index < -0.39 is 0 Å². The lowest BCUT2D eigenvalue weighted by molar-refractivity contribution is 0.590. The molecule has 7 aromatic rings. The third kappa shape index (κ3) is 6.52. The summed E-state index contributed by atoms with van der Waals surface area (Å²) >= 11 is 0. The summed E-state index contributed by atoms with van der Waals surface area (Å²) in [5.41, 5.74) is 17.4. The van der Waals surface area contributed by atoms with Crippen LogP contribution in [0.3, 0.4) is 0 Å². The molecule has 55 heavy (non-hydrogen) atoms. The van der Waals surface area contributed by atoms with Gasteiger partial charge >= 0.3 is 0 Å². The van der Waals surface area contributed by atoms with Crippen molar-refractivity contribution < 1.29 is 0 Å². The van der Waals surface area contributed by atoms with E-state index >= 15 is 0 Å². The Kier molecular flexibility index (Phi) is 8.80. The number of anilines is 6. The summed E-state index contributed by atoms with van der Waals surface area (Å²) in [6.45, 7) is 22.8. The summed E-state index contributed by atoms with van der Waals surface area (Å²) in [6.07, 6.45) is 0. The van der Waals surface area contributed by atoms with Crippen LogP contribution in [0.2, 0.25) is 0 Å². The Morgan fingerprint density at radius 2 is 0.836 bits per heavy atom. The molecule has 0 radical (unpaired) electrons. The second kappa shape index (κ2) is 13.3. The van der Waals surface area contributed by atoms with Gasteiger partial charge < -0.3 is 9.80 Å². The minimum atomic E-state index is -0.246. The van der Waals surface area contributed by atoms with Gasteiger partial charge in [0.2, 0.25) is 0 Å². The maximum absolute atomic E-state index is 2.48. The first kappa shape index (κ1) is 36.4. The monoisotopic (exact) mass is 718 g/mol. The molecule has 7 aromatic carbocycles. The Labute approximate surface area is 329 Å². The molecule has 0 amide bonds. The molecule has 0 heterocycles. The summed E-state index contributed by atoms with van der Waals surface area (Å²) < 4.78 is 0. The van der Waals surface area contributed by atoms with Crippen molar-refractivity contribution in [3.8, 4) is 11.1 Å². The Balaban J connectivity index is 1.31. The molecule has 2 heteroatoms. The third-order valence-corrected chi connectivity index (χ3v) is 11.7. The fourth-order valence-corrected chi connectivity index (χ4v) is 8.36. The van der Waals surface area contributed by atoms with Crippen molar-refractivity contribution in [2.45, 2.75) is 85.5 Å². The van der Waals surface area contributed by atoms with Crippen LogP contribution in [0.1, 0.15) is 88.8 Å². The molecule has 0 saturated heterocycles. The zero-order valence-electron chi connectivity index (χ0n) is 34.3. The summed E-state index contributed by atoms with van der Waals surface area (Å²) in [7, 11) is 0.